The van der Waals surface area contributed by atoms with E-state index in [9.17, 15) is 19.1 Å². The third-order valence-corrected chi connectivity index (χ3v) is 6.31. The van der Waals surface area contributed by atoms with Gasteiger partial charge in [-0.2, -0.15) is 0 Å². The van der Waals surface area contributed by atoms with Crippen LogP contribution >= 0.6 is 0 Å². The number of ketones is 1. The zero-order valence-corrected chi connectivity index (χ0v) is 19.4. The molecule has 1 atom stereocenters. The largest absolute Gasteiger partial charge is 0.507 e. The van der Waals surface area contributed by atoms with Gasteiger partial charge >= 0.3 is 0 Å². The lowest BCUT2D eigenvalue weighted by molar-refractivity contribution is -0.140. The van der Waals surface area contributed by atoms with Crippen LogP contribution in [0.1, 0.15) is 37.4 Å². The second-order valence-electron chi connectivity index (χ2n) is 8.28. The molecule has 4 rings (SSSR count). The number of Topliss-reactive ketones (excluding diaryl/α,β-unsaturated/α-hetero) is 1. The van der Waals surface area contributed by atoms with Crippen molar-refractivity contribution >= 4 is 17.4 Å². The van der Waals surface area contributed by atoms with Gasteiger partial charge in [-0.3, -0.25) is 9.59 Å². The van der Waals surface area contributed by atoms with Gasteiger partial charge in [0.15, 0.2) is 11.5 Å². The van der Waals surface area contributed by atoms with Crippen molar-refractivity contribution in [2.45, 2.75) is 26.3 Å². The van der Waals surface area contributed by atoms with E-state index in [4.69, 9.17) is 9.47 Å². The van der Waals surface area contributed by atoms with Crippen LogP contribution < -0.4 is 9.47 Å². The molecule has 34 heavy (non-hydrogen) atoms. The molecule has 1 amide bonds. The van der Waals surface area contributed by atoms with E-state index >= 15 is 0 Å². The van der Waals surface area contributed by atoms with Crippen molar-refractivity contribution in [1.82, 2.24) is 9.80 Å². The molecule has 2 aliphatic heterocycles. The van der Waals surface area contributed by atoms with Crippen LogP contribution in [-0.2, 0) is 9.59 Å². The Balaban J connectivity index is 1.72. The van der Waals surface area contributed by atoms with Gasteiger partial charge in [-0.15, -0.1) is 0 Å². The highest BCUT2D eigenvalue weighted by Crippen LogP contribution is 2.41. The molecule has 8 heteroatoms. The summed E-state index contributed by atoms with van der Waals surface area (Å²) in [5, 5.41) is 11.2. The lowest BCUT2D eigenvalue weighted by atomic mass is 9.95. The van der Waals surface area contributed by atoms with E-state index in [-0.39, 0.29) is 11.3 Å². The predicted octanol–water partition coefficient (Wildman–Crippen LogP) is 3.75. The molecular weight excluding hydrogens is 439 g/mol. The fourth-order valence-corrected chi connectivity index (χ4v) is 4.45. The number of carbonyl (C=O) groups excluding carboxylic acids is 2. The van der Waals surface area contributed by atoms with Crippen LogP contribution in [0.5, 0.6) is 11.5 Å². The molecule has 2 aromatic rings. The number of amides is 1. The average Bonchev–Trinajstić information content (AvgIpc) is 3.11. The number of carbonyl (C=O) groups is 2. The summed E-state index contributed by atoms with van der Waals surface area (Å²) in [6.07, 6.45) is 0.663. The number of nitrogens with zero attached hydrogens (tertiary/aromatic N) is 2. The maximum atomic E-state index is 13.6. The first-order valence-corrected chi connectivity index (χ1v) is 11.6. The van der Waals surface area contributed by atoms with Crippen molar-refractivity contribution in [2.24, 2.45) is 0 Å². The minimum atomic E-state index is -0.814. The molecular formula is C26H29FN2O5. The van der Waals surface area contributed by atoms with Crippen LogP contribution in [0.15, 0.2) is 48.0 Å². The number of rotatable bonds is 8. The summed E-state index contributed by atoms with van der Waals surface area (Å²) in [4.78, 5) is 29.9. The van der Waals surface area contributed by atoms with Gasteiger partial charge in [0.05, 0.1) is 11.6 Å². The van der Waals surface area contributed by atoms with E-state index in [1.165, 1.54) is 17.0 Å². The summed E-state index contributed by atoms with van der Waals surface area (Å²) in [6, 6.07) is 9.73. The van der Waals surface area contributed by atoms with Gasteiger partial charge in [0.2, 0.25) is 0 Å². The van der Waals surface area contributed by atoms with Crippen LogP contribution in [0, 0.1) is 5.82 Å². The predicted molar refractivity (Wildman–Crippen MR) is 125 cm³/mol. The van der Waals surface area contributed by atoms with Crippen molar-refractivity contribution < 1.29 is 28.6 Å². The van der Waals surface area contributed by atoms with E-state index in [0.29, 0.717) is 48.8 Å². The van der Waals surface area contributed by atoms with Crippen LogP contribution in [0.3, 0.4) is 0 Å². The smallest absolute Gasteiger partial charge is 0.295 e. The lowest BCUT2D eigenvalue weighted by Crippen LogP contribution is -2.33. The summed E-state index contributed by atoms with van der Waals surface area (Å²) in [5.74, 6) is -1.14. The van der Waals surface area contributed by atoms with Crippen LogP contribution in [-0.4, -0.2) is 66.0 Å². The summed E-state index contributed by atoms with van der Waals surface area (Å²) < 4.78 is 24.8. The maximum absolute atomic E-state index is 13.6. The van der Waals surface area contributed by atoms with Gasteiger partial charge in [0, 0.05) is 12.1 Å². The maximum Gasteiger partial charge on any atom is 0.295 e. The van der Waals surface area contributed by atoms with Crippen molar-refractivity contribution in [3.8, 4) is 11.5 Å². The third-order valence-electron chi connectivity index (χ3n) is 6.31. The Bertz CT molecular complexity index is 1090. The highest BCUT2D eigenvalue weighted by Gasteiger charge is 2.45. The number of likely N-dealkylation sites (tertiary alicyclic amines) is 1. The fraction of sp³-hybridized carbons (Fsp3) is 0.385. The number of benzene rings is 2. The Morgan fingerprint density at radius 3 is 2.41 bits per heavy atom. The monoisotopic (exact) mass is 468 g/mol. The van der Waals surface area contributed by atoms with Gasteiger partial charge in [-0.05, 0) is 62.0 Å². The quantitative estimate of drug-likeness (QED) is 0.361. The molecule has 2 aliphatic rings. The Morgan fingerprint density at radius 2 is 1.74 bits per heavy atom. The minimum Gasteiger partial charge on any atom is -0.507 e. The molecule has 1 N–H and O–H groups in total. The van der Waals surface area contributed by atoms with E-state index < -0.39 is 23.5 Å². The van der Waals surface area contributed by atoms with Crippen molar-refractivity contribution in [1.29, 1.82) is 0 Å². The second-order valence-corrected chi connectivity index (χ2v) is 8.28. The minimum absolute atomic E-state index is 0.0175. The van der Waals surface area contributed by atoms with Crippen LogP contribution in [0.2, 0.25) is 0 Å². The van der Waals surface area contributed by atoms with Crippen molar-refractivity contribution in [3.05, 3.63) is 65.0 Å². The summed E-state index contributed by atoms with van der Waals surface area (Å²) in [6.45, 7) is 7.84. The molecule has 0 bridgehead atoms. The molecule has 0 aliphatic carbocycles. The normalized spacial score (nSPS) is 19.2. The first-order valence-electron chi connectivity index (χ1n) is 11.6. The molecule has 0 radical (unpaired) electrons. The highest BCUT2D eigenvalue weighted by molar-refractivity contribution is 6.46. The third kappa shape index (κ3) is 4.63. The van der Waals surface area contributed by atoms with Crippen LogP contribution in [0.25, 0.3) is 5.76 Å². The molecule has 2 aromatic carbocycles. The molecule has 180 valence electrons. The second kappa shape index (κ2) is 10.3. The van der Waals surface area contributed by atoms with Gasteiger partial charge < -0.3 is 24.4 Å². The molecule has 0 aromatic heterocycles. The summed E-state index contributed by atoms with van der Waals surface area (Å²) in [7, 11) is 0. The zero-order valence-electron chi connectivity index (χ0n) is 19.4. The number of aliphatic hydroxyl groups excluding tert-OH is 1. The Labute approximate surface area is 198 Å². The summed E-state index contributed by atoms with van der Waals surface area (Å²) in [5.41, 5.74) is 0.885. The molecule has 7 nitrogen and oxygen atoms in total. The standard InChI is InChI=1S/C26H29FN2O5/c1-3-28(4-2)12-5-13-29-23(17-6-9-19(27)10-7-17)22(25(31)26(29)32)24(30)18-8-11-20-21(16-18)34-15-14-33-20/h6-11,16,23,30H,3-5,12-15H2,1-2H3/t23-/m0/s1. The highest BCUT2D eigenvalue weighted by atomic mass is 19.1. The molecule has 0 spiro atoms. The Kier molecular flexibility index (Phi) is 7.17. The first kappa shape index (κ1) is 23.8. The number of ether oxygens (including phenoxy) is 2. The number of aliphatic hydroxyl groups is 1. The SMILES string of the molecule is CCN(CC)CCCN1C(=O)C(=O)C(=C(O)c2ccc3c(c2)OCCO3)[C@@H]1c1ccc(F)cc1. The van der Waals surface area contributed by atoms with Crippen LogP contribution in [0.4, 0.5) is 4.39 Å². The molecule has 1 saturated heterocycles. The lowest BCUT2D eigenvalue weighted by Gasteiger charge is -2.27. The molecule has 0 saturated carbocycles. The van der Waals surface area contributed by atoms with E-state index in [1.807, 2.05) is 0 Å². The Morgan fingerprint density at radius 1 is 1.06 bits per heavy atom. The van der Waals surface area contributed by atoms with Crippen molar-refractivity contribution in [3.63, 3.8) is 0 Å². The van der Waals surface area contributed by atoms with Gasteiger partial charge in [0.25, 0.3) is 11.7 Å². The van der Waals surface area contributed by atoms with Crippen molar-refractivity contribution in [2.75, 3.05) is 39.4 Å². The van der Waals surface area contributed by atoms with Gasteiger partial charge in [0.1, 0.15) is 24.8 Å². The number of hydrogen-bond donors (Lipinski definition) is 1. The molecule has 0 unspecified atom stereocenters. The van der Waals surface area contributed by atoms with E-state index in [0.717, 1.165) is 19.6 Å². The summed E-state index contributed by atoms with van der Waals surface area (Å²) >= 11 is 0. The molecule has 1 fully saturated rings. The van der Waals surface area contributed by atoms with E-state index in [1.54, 1.807) is 30.3 Å². The van der Waals surface area contributed by atoms with E-state index in [2.05, 4.69) is 18.7 Å². The topological polar surface area (TPSA) is 79.3 Å². The number of fused-ring (bicyclic) bond motifs is 1. The Hall–Kier alpha value is -3.39. The zero-order chi connectivity index (χ0) is 24.2. The fourth-order valence-electron chi connectivity index (χ4n) is 4.45. The number of hydrogen-bond acceptors (Lipinski definition) is 6. The first-order chi connectivity index (χ1) is 16.4. The number of halogens is 1. The molecule has 2 heterocycles. The van der Waals surface area contributed by atoms with Gasteiger partial charge in [-0.25, -0.2) is 4.39 Å². The average molecular weight is 469 g/mol. The van der Waals surface area contributed by atoms with Gasteiger partial charge in [-0.1, -0.05) is 26.0 Å².